The predicted molar refractivity (Wildman–Crippen MR) is 206 cm³/mol. The maximum Gasteiger partial charge on any atom is 0.416 e. The second-order valence-electron chi connectivity index (χ2n) is 13.7. The fourth-order valence-corrected chi connectivity index (χ4v) is 13.9. The van der Waals surface area contributed by atoms with E-state index in [1.54, 1.807) is 14.2 Å². The Morgan fingerprint density at radius 2 is 1.08 bits per heavy atom. The van der Waals surface area contributed by atoms with Crippen LogP contribution in [0.25, 0.3) is 0 Å². The minimum atomic E-state index is -4.94. The van der Waals surface area contributed by atoms with Crippen LogP contribution in [0.3, 0.4) is 0 Å². The monoisotopic (exact) mass is 766 g/mol. The van der Waals surface area contributed by atoms with E-state index in [0.29, 0.717) is 0 Å². The highest BCUT2D eigenvalue weighted by Gasteiger charge is 2.42. The van der Waals surface area contributed by atoms with Gasteiger partial charge >= 0.3 is 12.4 Å². The lowest BCUT2D eigenvalue weighted by molar-refractivity contribution is -0.142. The maximum absolute atomic E-state index is 14.2. The molecule has 1 aliphatic rings. The van der Waals surface area contributed by atoms with Crippen LogP contribution in [0.5, 0.6) is 11.5 Å². The summed E-state index contributed by atoms with van der Waals surface area (Å²) < 4.78 is 97.3. The maximum atomic E-state index is 14.2. The van der Waals surface area contributed by atoms with Gasteiger partial charge in [0.15, 0.2) is 0 Å². The zero-order valence-electron chi connectivity index (χ0n) is 30.2. The lowest BCUT2D eigenvalue weighted by atomic mass is 9.87. The molecule has 5 aromatic carbocycles. The molecule has 1 saturated carbocycles. The van der Waals surface area contributed by atoms with E-state index in [-0.39, 0.29) is 28.9 Å². The number of rotatable bonds is 10. The lowest BCUT2D eigenvalue weighted by Gasteiger charge is -2.36. The average molecular weight is 767 g/mol. The second kappa shape index (κ2) is 15.9. The Balaban J connectivity index is 1.53. The van der Waals surface area contributed by atoms with Crippen LogP contribution in [0.4, 0.5) is 26.3 Å². The summed E-state index contributed by atoms with van der Waals surface area (Å²) in [5.74, 6) is 1.50. The molecule has 0 heterocycles. The van der Waals surface area contributed by atoms with Crippen molar-refractivity contribution in [3.8, 4) is 11.5 Å². The van der Waals surface area contributed by atoms with Gasteiger partial charge in [0.25, 0.3) is 0 Å². The quantitative estimate of drug-likeness (QED) is 0.104. The first-order valence-electron chi connectivity index (χ1n) is 17.5. The zero-order chi connectivity index (χ0) is 38.1. The molecule has 4 atom stereocenters. The van der Waals surface area contributed by atoms with Gasteiger partial charge in [-0.3, -0.25) is 0 Å². The van der Waals surface area contributed by atoms with Crippen LogP contribution in [-0.2, 0) is 12.4 Å². The minimum absolute atomic E-state index is 0.0133. The van der Waals surface area contributed by atoms with E-state index in [4.69, 9.17) is 9.47 Å². The van der Waals surface area contributed by atoms with Crippen molar-refractivity contribution < 1.29 is 35.8 Å². The Morgan fingerprint density at radius 3 is 1.58 bits per heavy atom. The summed E-state index contributed by atoms with van der Waals surface area (Å²) in [6.45, 7) is 5.86. The number of para-hydroxylation sites is 2. The van der Waals surface area contributed by atoms with Crippen molar-refractivity contribution in [2.24, 2.45) is 5.92 Å². The van der Waals surface area contributed by atoms with Gasteiger partial charge in [-0.25, -0.2) is 0 Å². The van der Waals surface area contributed by atoms with Crippen LogP contribution in [-0.4, -0.2) is 19.9 Å². The van der Waals surface area contributed by atoms with Gasteiger partial charge in [0.05, 0.1) is 25.3 Å². The minimum Gasteiger partial charge on any atom is -0.496 e. The number of aryl methyl sites for hydroxylation is 2. The van der Waals surface area contributed by atoms with Crippen molar-refractivity contribution >= 4 is 42.4 Å². The topological polar surface area (TPSA) is 18.5 Å². The third-order valence-electron chi connectivity index (χ3n) is 10.2. The molecule has 53 heavy (non-hydrogen) atoms. The fourth-order valence-electron chi connectivity index (χ4n) is 7.95. The Morgan fingerprint density at radius 1 is 0.604 bits per heavy atom. The fraction of sp³-hybridized carbons (Fsp3) is 0.302. The number of benzene rings is 5. The van der Waals surface area contributed by atoms with E-state index >= 15 is 0 Å². The van der Waals surface area contributed by atoms with Crippen molar-refractivity contribution in [3.63, 3.8) is 0 Å². The van der Waals surface area contributed by atoms with Crippen molar-refractivity contribution in [2.45, 2.75) is 64.0 Å². The van der Waals surface area contributed by atoms with Gasteiger partial charge in [0, 0.05) is 10.6 Å². The molecule has 278 valence electrons. The summed E-state index contributed by atoms with van der Waals surface area (Å²) in [6.07, 6.45) is -7.34. The molecule has 1 fully saturated rings. The van der Waals surface area contributed by atoms with E-state index in [2.05, 4.69) is 24.3 Å². The molecule has 0 bridgehead atoms. The van der Waals surface area contributed by atoms with Crippen LogP contribution in [0.2, 0.25) is 0 Å². The third-order valence-corrected chi connectivity index (χ3v) is 15.6. The molecule has 0 spiro atoms. The van der Waals surface area contributed by atoms with E-state index in [1.807, 2.05) is 87.5 Å². The number of alkyl halides is 6. The second-order valence-corrected chi connectivity index (χ2v) is 18.4. The Kier molecular flexibility index (Phi) is 11.6. The first kappa shape index (κ1) is 38.9. The van der Waals surface area contributed by atoms with Crippen LogP contribution in [0.15, 0.2) is 109 Å². The molecule has 0 aromatic heterocycles. The van der Waals surface area contributed by atoms with Gasteiger partial charge in [-0.1, -0.05) is 103 Å². The van der Waals surface area contributed by atoms with Gasteiger partial charge in [0.1, 0.15) is 11.5 Å². The number of halogens is 6. The largest absolute Gasteiger partial charge is 0.496 e. The van der Waals surface area contributed by atoms with Gasteiger partial charge in [-0.05, 0) is 112 Å². The van der Waals surface area contributed by atoms with E-state index < -0.39 is 39.3 Å². The number of ether oxygens (including phenoxy) is 2. The molecular weight excluding hydrogens is 724 g/mol. The Hall–Kier alpha value is -3.86. The lowest BCUT2D eigenvalue weighted by Crippen LogP contribution is -2.31. The highest BCUT2D eigenvalue weighted by molar-refractivity contribution is 7.80. The molecule has 4 unspecified atom stereocenters. The number of methoxy groups -OCH3 is 2. The van der Waals surface area contributed by atoms with Gasteiger partial charge < -0.3 is 9.47 Å². The molecule has 5 aromatic rings. The Bertz CT molecular complexity index is 1960. The van der Waals surface area contributed by atoms with E-state index in [1.165, 1.54) is 0 Å². The predicted octanol–water partition coefficient (Wildman–Crippen LogP) is 10.5. The number of hydrogen-bond acceptors (Lipinski definition) is 2. The van der Waals surface area contributed by atoms with Crippen LogP contribution >= 0.6 is 15.8 Å². The summed E-state index contributed by atoms with van der Waals surface area (Å²) in [7, 11) is 0.433. The number of hydrogen-bond donors (Lipinski definition) is 0. The first-order chi connectivity index (χ1) is 25.2. The normalized spacial score (nSPS) is 17.5. The summed E-state index contributed by atoms with van der Waals surface area (Å²) in [4.78, 5) is 0. The smallest absolute Gasteiger partial charge is 0.416 e. The average Bonchev–Trinajstić information content (AvgIpc) is 3.61. The van der Waals surface area contributed by atoms with E-state index in [0.717, 1.165) is 80.8 Å². The first-order valence-corrected chi connectivity index (χ1v) is 20.3. The third kappa shape index (κ3) is 8.30. The zero-order valence-corrected chi connectivity index (χ0v) is 32.0. The molecular formula is C43H42F6O2P2. The highest BCUT2D eigenvalue weighted by Crippen LogP contribution is 2.54. The molecule has 10 heteroatoms. The van der Waals surface area contributed by atoms with Gasteiger partial charge in [-0.15, -0.1) is 0 Å². The van der Waals surface area contributed by atoms with Crippen molar-refractivity contribution in [1.29, 1.82) is 0 Å². The van der Waals surface area contributed by atoms with Crippen molar-refractivity contribution in [1.82, 2.24) is 0 Å². The molecule has 1 aliphatic carbocycles. The van der Waals surface area contributed by atoms with Gasteiger partial charge in [-0.2, -0.15) is 26.3 Å². The van der Waals surface area contributed by atoms with Crippen LogP contribution in [0, 0.1) is 19.8 Å². The SMILES string of the molecule is COc1ccccc1P(c1ccccc1OC)c1ccccc1C1CCCC1C(C)P(c1cc(C)cc(C)c1)c1cc(C(F)(F)F)cc(C(F)(F)F)c1. The molecule has 0 aliphatic heterocycles. The van der Waals surface area contributed by atoms with Gasteiger partial charge in [0.2, 0.25) is 0 Å². The van der Waals surface area contributed by atoms with Crippen LogP contribution < -0.4 is 36.0 Å². The van der Waals surface area contributed by atoms with Crippen molar-refractivity contribution in [3.05, 3.63) is 137 Å². The standard InChI is InChI=1S/C43H42F6O2P2/c1-27-21-28(2)23-32(22-27)52(33-25-30(42(44,45)46)24-31(26-33)43(47,48)49)29(3)34-14-12-15-35(34)36-13-6-9-18-39(36)53(40-19-10-7-16-37(40)50-4)41-20-11-8-17-38(41)51-5/h6-11,13,16-26,29,34-35H,12,14-15H2,1-5H3. The molecule has 0 saturated heterocycles. The summed E-state index contributed by atoms with van der Waals surface area (Å²) in [6, 6.07) is 32.2. The van der Waals surface area contributed by atoms with Crippen molar-refractivity contribution in [2.75, 3.05) is 14.2 Å². The molecule has 0 radical (unpaired) electrons. The van der Waals surface area contributed by atoms with E-state index in [9.17, 15) is 26.3 Å². The summed E-state index contributed by atoms with van der Waals surface area (Å²) >= 11 is 0. The molecule has 6 rings (SSSR count). The Labute approximate surface area is 310 Å². The van der Waals surface area contributed by atoms with Crippen LogP contribution in [0.1, 0.15) is 59.9 Å². The molecule has 0 N–H and O–H groups in total. The molecule has 0 amide bonds. The summed E-state index contributed by atoms with van der Waals surface area (Å²) in [5.41, 5.74) is 0.156. The highest BCUT2D eigenvalue weighted by atomic mass is 31.1. The summed E-state index contributed by atoms with van der Waals surface area (Å²) in [5, 5.41) is 4.02. The molecule has 2 nitrogen and oxygen atoms in total.